The van der Waals surface area contributed by atoms with Crippen molar-refractivity contribution in [3.05, 3.63) is 101 Å². The third-order valence-electron chi connectivity index (χ3n) is 5.20. The van der Waals surface area contributed by atoms with Gasteiger partial charge in [-0.3, -0.25) is 15.1 Å². The van der Waals surface area contributed by atoms with Crippen LogP contribution in [-0.2, 0) is 11.4 Å². The number of hydrogen-bond donors (Lipinski definition) is 1. The molecule has 0 spiro atoms. The number of thioether (sulfide) groups is 1. The summed E-state index contributed by atoms with van der Waals surface area (Å²) in [4.78, 5) is 18.0. The lowest BCUT2D eigenvalue weighted by Gasteiger charge is -2.34. The number of amides is 1. The number of fused-ring (bicyclic) bond motifs is 2. The van der Waals surface area contributed by atoms with Crippen molar-refractivity contribution in [1.82, 2.24) is 10.3 Å². The summed E-state index contributed by atoms with van der Waals surface area (Å²) in [7, 11) is 0. The Hall–Kier alpha value is -3.58. The second kappa shape index (κ2) is 8.88. The molecule has 1 atom stereocenters. The third kappa shape index (κ3) is 3.99. The number of rotatable bonds is 5. The number of carbonyl (C=O) groups is 1. The first kappa shape index (κ1) is 20.3. The molecular formula is C25H22N4O2S. The van der Waals surface area contributed by atoms with Crippen molar-refractivity contribution >= 4 is 28.5 Å². The number of ether oxygens (including phenoxy) is 1. The summed E-state index contributed by atoms with van der Waals surface area (Å²) in [6.07, 6.45) is -0.460. The summed E-state index contributed by atoms with van der Waals surface area (Å²) in [5.74, 6) is 1.39. The average Bonchev–Trinajstić information content (AvgIpc) is 2.83. The Bertz CT molecular complexity index is 1310. The van der Waals surface area contributed by atoms with Crippen molar-refractivity contribution in [2.45, 2.75) is 19.7 Å². The van der Waals surface area contributed by atoms with Gasteiger partial charge in [-0.05, 0) is 29.5 Å². The van der Waals surface area contributed by atoms with Crippen LogP contribution < -0.4 is 20.6 Å². The molecule has 160 valence electrons. The molecule has 0 radical (unpaired) electrons. The zero-order valence-corrected chi connectivity index (χ0v) is 18.4. The van der Waals surface area contributed by atoms with Crippen LogP contribution in [0.25, 0.3) is 5.70 Å². The van der Waals surface area contributed by atoms with Crippen molar-refractivity contribution in [3.63, 3.8) is 0 Å². The first-order chi connectivity index (χ1) is 15.7. The van der Waals surface area contributed by atoms with E-state index < -0.39 is 6.17 Å². The largest absolute Gasteiger partial charge is 0.489 e. The predicted molar refractivity (Wildman–Crippen MR) is 126 cm³/mol. The van der Waals surface area contributed by atoms with Crippen molar-refractivity contribution in [2.75, 3.05) is 5.75 Å². The Morgan fingerprint density at radius 1 is 1.03 bits per heavy atom. The molecule has 0 aromatic heterocycles. The van der Waals surface area contributed by atoms with Crippen LogP contribution in [0.2, 0.25) is 0 Å². The minimum atomic E-state index is -0.460. The molecule has 2 aliphatic heterocycles. The van der Waals surface area contributed by atoms with Crippen LogP contribution in [0, 0.1) is 0 Å². The first-order valence-corrected chi connectivity index (χ1v) is 11.5. The molecule has 7 heteroatoms. The molecule has 5 rings (SSSR count). The molecule has 3 aromatic carbocycles. The molecule has 0 unspecified atom stereocenters. The first-order valence-electron chi connectivity index (χ1n) is 10.5. The molecule has 2 aliphatic rings. The maximum absolute atomic E-state index is 13.0. The van der Waals surface area contributed by atoms with Gasteiger partial charge in [0.25, 0.3) is 5.91 Å². The van der Waals surface area contributed by atoms with Gasteiger partial charge in [-0.25, -0.2) is 5.01 Å². The molecule has 0 fully saturated rings. The Morgan fingerprint density at radius 2 is 1.84 bits per heavy atom. The van der Waals surface area contributed by atoms with Crippen LogP contribution >= 0.6 is 11.8 Å². The second-order valence-corrected chi connectivity index (χ2v) is 8.60. The van der Waals surface area contributed by atoms with Gasteiger partial charge in [-0.2, -0.15) is 0 Å². The van der Waals surface area contributed by atoms with Gasteiger partial charge in [-0.15, -0.1) is 5.10 Å². The van der Waals surface area contributed by atoms with Crippen LogP contribution in [0.1, 0.15) is 24.2 Å². The Labute approximate surface area is 190 Å². The molecule has 0 aliphatic carbocycles. The molecule has 0 bridgehead atoms. The van der Waals surface area contributed by atoms with E-state index in [1.807, 2.05) is 85.8 Å². The highest BCUT2D eigenvalue weighted by atomic mass is 32.2. The molecule has 32 heavy (non-hydrogen) atoms. The van der Waals surface area contributed by atoms with Crippen LogP contribution in [0.3, 0.4) is 0 Å². The highest BCUT2D eigenvalue weighted by molar-refractivity contribution is 8.13. The highest BCUT2D eigenvalue weighted by Gasteiger charge is 2.34. The van der Waals surface area contributed by atoms with Crippen molar-refractivity contribution in [3.8, 4) is 5.75 Å². The van der Waals surface area contributed by atoms with Gasteiger partial charge in [-0.1, -0.05) is 79.3 Å². The minimum absolute atomic E-state index is 0.167. The van der Waals surface area contributed by atoms with E-state index in [2.05, 4.69) is 5.32 Å². The summed E-state index contributed by atoms with van der Waals surface area (Å²) < 4.78 is 6.02. The lowest BCUT2D eigenvalue weighted by molar-refractivity contribution is -0.116. The predicted octanol–water partition coefficient (Wildman–Crippen LogP) is 3.16. The molecule has 3 aromatic rings. The number of amidine groups is 1. The zero-order valence-electron chi connectivity index (χ0n) is 17.6. The zero-order chi connectivity index (χ0) is 21.9. The monoisotopic (exact) mass is 442 g/mol. The van der Waals surface area contributed by atoms with Crippen molar-refractivity contribution < 1.29 is 9.53 Å². The van der Waals surface area contributed by atoms with Crippen molar-refractivity contribution in [2.24, 2.45) is 10.1 Å². The molecule has 6 nitrogen and oxygen atoms in total. The van der Waals surface area contributed by atoms with Crippen LogP contribution in [0.4, 0.5) is 0 Å². The fourth-order valence-corrected chi connectivity index (χ4v) is 4.34. The quantitative estimate of drug-likeness (QED) is 0.659. The van der Waals surface area contributed by atoms with Crippen LogP contribution in [0.5, 0.6) is 5.75 Å². The lowest BCUT2D eigenvalue weighted by Crippen LogP contribution is -2.50. The van der Waals surface area contributed by atoms with E-state index >= 15 is 0 Å². The highest BCUT2D eigenvalue weighted by Crippen LogP contribution is 2.32. The molecular weight excluding hydrogens is 420 g/mol. The number of hydrogen-bond acceptors (Lipinski definition) is 6. The van der Waals surface area contributed by atoms with Gasteiger partial charge < -0.3 is 4.74 Å². The third-order valence-corrected chi connectivity index (χ3v) is 5.95. The fourth-order valence-electron chi connectivity index (χ4n) is 3.75. The van der Waals surface area contributed by atoms with E-state index in [0.717, 1.165) is 33.2 Å². The van der Waals surface area contributed by atoms with Gasteiger partial charge in [0.1, 0.15) is 18.1 Å². The standard InChI is InChI=1S/C25H22N4O2S/c1-2-32-25-27-24(30)22-20-13-6-7-14-21(20)26-23(29(22)28-25)18-11-8-12-19(15-18)31-16-17-9-4-3-5-10-17/h3-15,23H,2,16H2,1H3,(H,27,28,30)/t23-/m0/s1. The van der Waals surface area contributed by atoms with Gasteiger partial charge in [0.15, 0.2) is 11.3 Å². The summed E-state index contributed by atoms with van der Waals surface area (Å²) in [5, 5.41) is 11.5. The molecule has 1 amide bonds. The Morgan fingerprint density at radius 3 is 2.69 bits per heavy atom. The van der Waals surface area contributed by atoms with E-state index in [0.29, 0.717) is 17.5 Å². The SMILES string of the molecule is CCSC1=NN2C(=c3ccccc3=N[C@@H]2c2cccc(OCc3ccccc3)c2)C(=O)N1. The number of benzene rings is 3. The maximum atomic E-state index is 13.0. The second-order valence-electron chi connectivity index (χ2n) is 7.35. The molecule has 2 heterocycles. The summed E-state index contributed by atoms with van der Waals surface area (Å²) >= 11 is 1.50. The number of para-hydroxylation sites is 1. The topological polar surface area (TPSA) is 66.3 Å². The number of nitrogens with one attached hydrogen (secondary N) is 1. The molecule has 0 saturated carbocycles. The molecule has 1 N–H and O–H groups in total. The Kier molecular flexibility index (Phi) is 5.64. The number of carbonyl (C=O) groups excluding carboxylic acids is 1. The van der Waals surface area contributed by atoms with E-state index in [-0.39, 0.29) is 5.91 Å². The fraction of sp³-hybridized carbons (Fsp3) is 0.160. The van der Waals surface area contributed by atoms with Gasteiger partial charge in [0.05, 0.1) is 5.36 Å². The minimum Gasteiger partial charge on any atom is -0.489 e. The van der Waals surface area contributed by atoms with E-state index in [1.54, 1.807) is 5.01 Å². The number of hydrazone groups is 1. The van der Waals surface area contributed by atoms with Gasteiger partial charge in [0, 0.05) is 10.8 Å². The maximum Gasteiger partial charge on any atom is 0.276 e. The summed E-state index contributed by atoms with van der Waals surface area (Å²) in [5.41, 5.74) is 2.52. The van der Waals surface area contributed by atoms with Crippen LogP contribution in [0.15, 0.2) is 89.0 Å². The normalized spacial score (nSPS) is 17.0. The van der Waals surface area contributed by atoms with Crippen molar-refractivity contribution in [1.29, 1.82) is 0 Å². The van der Waals surface area contributed by atoms with E-state index in [4.69, 9.17) is 14.8 Å². The van der Waals surface area contributed by atoms with E-state index in [1.165, 1.54) is 11.8 Å². The average molecular weight is 443 g/mol. The molecule has 0 saturated heterocycles. The smallest absolute Gasteiger partial charge is 0.276 e. The summed E-state index contributed by atoms with van der Waals surface area (Å²) in [6.45, 7) is 2.51. The lowest BCUT2D eigenvalue weighted by atomic mass is 10.1. The van der Waals surface area contributed by atoms with Gasteiger partial charge in [0.2, 0.25) is 0 Å². The summed E-state index contributed by atoms with van der Waals surface area (Å²) in [6, 6.07) is 25.6. The van der Waals surface area contributed by atoms with Crippen LogP contribution in [-0.4, -0.2) is 21.8 Å². The number of nitrogens with zero attached hydrogens (tertiary/aromatic N) is 3. The van der Waals surface area contributed by atoms with E-state index in [9.17, 15) is 4.79 Å². The Balaban J connectivity index is 1.53. The van der Waals surface area contributed by atoms with Gasteiger partial charge >= 0.3 is 0 Å².